The third-order valence-corrected chi connectivity index (χ3v) is 4.42. The van der Waals surface area contributed by atoms with Crippen LogP contribution in [0.1, 0.15) is 44.7 Å². The van der Waals surface area contributed by atoms with Crippen LogP contribution < -0.4 is 0 Å². The van der Waals surface area contributed by atoms with Crippen molar-refractivity contribution >= 4 is 22.6 Å². The van der Waals surface area contributed by atoms with Gasteiger partial charge in [0.1, 0.15) is 0 Å². The Morgan fingerprint density at radius 1 is 1.25 bits per heavy atom. The van der Waals surface area contributed by atoms with Crippen LogP contribution in [0.5, 0.6) is 0 Å². The normalized spacial score (nSPS) is 24.3. The average molecular weight is 329 g/mol. The van der Waals surface area contributed by atoms with Gasteiger partial charge in [-0.25, -0.2) is 0 Å². The monoisotopic (exact) mass is 329 g/mol. The molecule has 0 saturated carbocycles. The summed E-state index contributed by atoms with van der Waals surface area (Å²) < 4.78 is 1.32. The summed E-state index contributed by atoms with van der Waals surface area (Å²) in [6.07, 6.45) is 4.12. The minimum atomic E-state index is 0.562. The van der Waals surface area contributed by atoms with Crippen molar-refractivity contribution < 1.29 is 0 Å². The van der Waals surface area contributed by atoms with Crippen molar-refractivity contribution in [2.75, 3.05) is 6.54 Å². The SMILES string of the molecule is CC1CCCCN1C(C)c1ccc(I)cc1. The number of piperidine rings is 1. The number of nitrogens with zero attached hydrogens (tertiary/aromatic N) is 1. The number of rotatable bonds is 2. The van der Waals surface area contributed by atoms with E-state index in [2.05, 4.69) is 65.6 Å². The van der Waals surface area contributed by atoms with Gasteiger partial charge < -0.3 is 0 Å². The third-order valence-electron chi connectivity index (χ3n) is 3.70. The summed E-state index contributed by atoms with van der Waals surface area (Å²) in [5, 5.41) is 0. The maximum Gasteiger partial charge on any atom is 0.0322 e. The fourth-order valence-electron chi connectivity index (χ4n) is 2.63. The molecule has 16 heavy (non-hydrogen) atoms. The van der Waals surface area contributed by atoms with Gasteiger partial charge in [0.05, 0.1) is 0 Å². The van der Waals surface area contributed by atoms with E-state index in [4.69, 9.17) is 0 Å². The van der Waals surface area contributed by atoms with Crippen molar-refractivity contribution in [3.63, 3.8) is 0 Å². The first-order valence-corrected chi connectivity index (χ1v) is 7.27. The summed E-state index contributed by atoms with van der Waals surface area (Å²) in [4.78, 5) is 2.64. The van der Waals surface area contributed by atoms with Crippen LogP contribution >= 0.6 is 22.6 Å². The summed E-state index contributed by atoms with van der Waals surface area (Å²) in [6, 6.07) is 10.3. The van der Waals surface area contributed by atoms with E-state index in [1.165, 1.54) is 34.9 Å². The number of benzene rings is 1. The highest BCUT2D eigenvalue weighted by Crippen LogP contribution is 2.28. The lowest BCUT2D eigenvalue weighted by atomic mass is 9.98. The van der Waals surface area contributed by atoms with Crippen molar-refractivity contribution in [2.45, 2.75) is 45.2 Å². The maximum atomic E-state index is 2.64. The van der Waals surface area contributed by atoms with Crippen LogP contribution in [-0.4, -0.2) is 17.5 Å². The van der Waals surface area contributed by atoms with Crippen molar-refractivity contribution in [2.24, 2.45) is 0 Å². The first-order chi connectivity index (χ1) is 7.68. The molecule has 0 aromatic heterocycles. The average Bonchev–Trinajstić information content (AvgIpc) is 2.30. The van der Waals surface area contributed by atoms with Crippen LogP contribution in [0.25, 0.3) is 0 Å². The van der Waals surface area contributed by atoms with E-state index < -0.39 is 0 Å². The highest BCUT2D eigenvalue weighted by atomic mass is 127. The summed E-state index contributed by atoms with van der Waals surface area (Å²) in [5.74, 6) is 0. The van der Waals surface area contributed by atoms with Gasteiger partial charge in [0.25, 0.3) is 0 Å². The first kappa shape index (κ1) is 12.4. The molecule has 2 rings (SSSR count). The zero-order chi connectivity index (χ0) is 11.5. The van der Waals surface area contributed by atoms with Gasteiger partial charge in [0, 0.05) is 15.7 Å². The van der Waals surface area contributed by atoms with E-state index in [0.29, 0.717) is 6.04 Å². The lowest BCUT2D eigenvalue weighted by Crippen LogP contribution is -2.39. The third kappa shape index (κ3) is 2.77. The van der Waals surface area contributed by atoms with Gasteiger partial charge in [-0.05, 0) is 73.5 Å². The summed E-state index contributed by atoms with van der Waals surface area (Å²) in [6.45, 7) is 5.96. The minimum absolute atomic E-state index is 0.562. The van der Waals surface area contributed by atoms with E-state index >= 15 is 0 Å². The van der Waals surface area contributed by atoms with Crippen LogP contribution in [-0.2, 0) is 0 Å². The molecule has 1 saturated heterocycles. The zero-order valence-electron chi connectivity index (χ0n) is 10.1. The zero-order valence-corrected chi connectivity index (χ0v) is 12.3. The van der Waals surface area contributed by atoms with E-state index in [1.54, 1.807) is 0 Å². The Morgan fingerprint density at radius 2 is 1.94 bits per heavy atom. The molecule has 1 fully saturated rings. The molecule has 88 valence electrons. The molecule has 0 N–H and O–H groups in total. The number of hydrogen-bond acceptors (Lipinski definition) is 1. The molecule has 0 spiro atoms. The number of halogens is 1. The molecule has 1 aliphatic rings. The molecule has 2 atom stereocenters. The molecule has 1 nitrogen and oxygen atoms in total. The molecule has 0 aliphatic carbocycles. The number of hydrogen-bond donors (Lipinski definition) is 0. The van der Waals surface area contributed by atoms with E-state index in [-0.39, 0.29) is 0 Å². The lowest BCUT2D eigenvalue weighted by molar-refractivity contribution is 0.114. The summed E-state index contributed by atoms with van der Waals surface area (Å²) in [7, 11) is 0. The molecule has 1 aliphatic heterocycles. The molecule has 1 heterocycles. The lowest BCUT2D eigenvalue weighted by Gasteiger charge is -2.38. The quantitative estimate of drug-likeness (QED) is 0.734. The van der Waals surface area contributed by atoms with Crippen molar-refractivity contribution in [1.29, 1.82) is 0 Å². The molecule has 2 heteroatoms. The molecule has 1 aromatic carbocycles. The largest absolute Gasteiger partial charge is 0.294 e. The molecule has 1 aromatic rings. The fraction of sp³-hybridized carbons (Fsp3) is 0.571. The van der Waals surface area contributed by atoms with Gasteiger partial charge in [-0.3, -0.25) is 4.90 Å². The van der Waals surface area contributed by atoms with E-state index in [1.807, 2.05) is 0 Å². The predicted molar refractivity (Wildman–Crippen MR) is 77.6 cm³/mol. The Hall–Kier alpha value is -0.0900. The smallest absolute Gasteiger partial charge is 0.0322 e. The van der Waals surface area contributed by atoms with Gasteiger partial charge in [-0.2, -0.15) is 0 Å². The second kappa shape index (κ2) is 5.50. The minimum Gasteiger partial charge on any atom is -0.294 e. The Bertz CT molecular complexity index is 333. The molecule has 2 unspecified atom stereocenters. The van der Waals surface area contributed by atoms with Crippen LogP contribution in [0, 0.1) is 3.57 Å². The van der Waals surface area contributed by atoms with Gasteiger partial charge in [-0.1, -0.05) is 18.6 Å². The van der Waals surface area contributed by atoms with Crippen LogP contribution in [0.3, 0.4) is 0 Å². The van der Waals surface area contributed by atoms with Gasteiger partial charge >= 0.3 is 0 Å². The standard InChI is InChI=1S/C14H20IN/c1-11-5-3-4-10-16(11)12(2)13-6-8-14(15)9-7-13/h6-9,11-12H,3-5,10H2,1-2H3. The molecule has 0 amide bonds. The second-order valence-electron chi connectivity index (χ2n) is 4.81. The molecule has 0 bridgehead atoms. The Morgan fingerprint density at radius 3 is 2.56 bits per heavy atom. The van der Waals surface area contributed by atoms with Gasteiger partial charge in [0.15, 0.2) is 0 Å². The Balaban J connectivity index is 2.11. The highest BCUT2D eigenvalue weighted by Gasteiger charge is 2.23. The van der Waals surface area contributed by atoms with E-state index in [9.17, 15) is 0 Å². The maximum absolute atomic E-state index is 2.64. The predicted octanol–water partition coefficient (Wildman–Crippen LogP) is 4.23. The fourth-order valence-corrected chi connectivity index (χ4v) is 2.99. The summed E-state index contributed by atoms with van der Waals surface area (Å²) in [5.41, 5.74) is 1.45. The molecular formula is C14H20IN. The molecule has 0 radical (unpaired) electrons. The summed E-state index contributed by atoms with van der Waals surface area (Å²) >= 11 is 2.36. The van der Waals surface area contributed by atoms with Crippen molar-refractivity contribution in [3.05, 3.63) is 33.4 Å². The van der Waals surface area contributed by atoms with Gasteiger partial charge in [-0.15, -0.1) is 0 Å². The van der Waals surface area contributed by atoms with Crippen LogP contribution in [0.4, 0.5) is 0 Å². The Kier molecular flexibility index (Phi) is 4.25. The highest BCUT2D eigenvalue weighted by molar-refractivity contribution is 14.1. The van der Waals surface area contributed by atoms with Crippen molar-refractivity contribution in [3.8, 4) is 0 Å². The van der Waals surface area contributed by atoms with Gasteiger partial charge in [0.2, 0.25) is 0 Å². The first-order valence-electron chi connectivity index (χ1n) is 6.19. The van der Waals surface area contributed by atoms with Crippen LogP contribution in [0.15, 0.2) is 24.3 Å². The number of likely N-dealkylation sites (tertiary alicyclic amines) is 1. The van der Waals surface area contributed by atoms with E-state index in [0.717, 1.165) is 6.04 Å². The second-order valence-corrected chi connectivity index (χ2v) is 6.06. The molecular weight excluding hydrogens is 309 g/mol. The van der Waals surface area contributed by atoms with Crippen molar-refractivity contribution in [1.82, 2.24) is 4.90 Å². The Labute approximate surface area is 112 Å². The topological polar surface area (TPSA) is 3.24 Å². The van der Waals surface area contributed by atoms with Crippen LogP contribution in [0.2, 0.25) is 0 Å².